The van der Waals surface area contributed by atoms with Crippen LogP contribution in [0.5, 0.6) is 5.75 Å². The van der Waals surface area contributed by atoms with E-state index in [1.165, 1.54) is 7.11 Å². The van der Waals surface area contributed by atoms with Gasteiger partial charge in [-0.1, -0.05) is 24.6 Å². The van der Waals surface area contributed by atoms with Gasteiger partial charge in [0.15, 0.2) is 0 Å². The van der Waals surface area contributed by atoms with Gasteiger partial charge in [-0.3, -0.25) is 9.69 Å². The van der Waals surface area contributed by atoms with Crippen molar-refractivity contribution in [1.29, 1.82) is 0 Å². The second kappa shape index (κ2) is 8.77. The number of ether oxygens (including phenoxy) is 2. The molecule has 0 fully saturated rings. The van der Waals surface area contributed by atoms with E-state index in [1.54, 1.807) is 6.07 Å². The zero-order chi connectivity index (χ0) is 14.1. The van der Waals surface area contributed by atoms with Gasteiger partial charge >= 0.3 is 5.97 Å². The molecule has 0 saturated heterocycles. The van der Waals surface area contributed by atoms with Crippen LogP contribution in [0.15, 0.2) is 24.3 Å². The maximum absolute atomic E-state index is 11.1. The summed E-state index contributed by atoms with van der Waals surface area (Å²) in [6.07, 6.45) is 0.404. The SMILES string of the molecule is CCN(CCOc1cccc(Cl)c1)CCC(=O)OC. The number of nitrogens with zero attached hydrogens (tertiary/aromatic N) is 1. The molecule has 0 aromatic heterocycles. The van der Waals surface area contributed by atoms with Gasteiger partial charge in [0.2, 0.25) is 0 Å². The third-order valence-electron chi connectivity index (χ3n) is 2.78. The Morgan fingerprint density at radius 3 is 2.79 bits per heavy atom. The number of rotatable bonds is 8. The van der Waals surface area contributed by atoms with Gasteiger partial charge in [0.05, 0.1) is 13.5 Å². The normalized spacial score (nSPS) is 10.5. The van der Waals surface area contributed by atoms with Crippen LogP contribution in [0.2, 0.25) is 5.02 Å². The number of carbonyl (C=O) groups excluding carboxylic acids is 1. The highest BCUT2D eigenvalue weighted by Gasteiger charge is 2.06. The van der Waals surface area contributed by atoms with E-state index in [1.807, 2.05) is 18.2 Å². The average Bonchev–Trinajstić information content (AvgIpc) is 2.42. The van der Waals surface area contributed by atoms with Crippen LogP contribution in [0, 0.1) is 0 Å². The molecule has 106 valence electrons. The van der Waals surface area contributed by atoms with Crippen LogP contribution in [-0.4, -0.2) is 44.2 Å². The van der Waals surface area contributed by atoms with E-state index < -0.39 is 0 Å². The second-order valence-corrected chi connectivity index (χ2v) is 4.50. The molecule has 4 nitrogen and oxygen atoms in total. The summed E-state index contributed by atoms with van der Waals surface area (Å²) in [4.78, 5) is 13.2. The Labute approximate surface area is 119 Å². The predicted molar refractivity (Wildman–Crippen MR) is 75.7 cm³/mol. The minimum absolute atomic E-state index is 0.186. The van der Waals surface area contributed by atoms with E-state index in [4.69, 9.17) is 16.3 Å². The van der Waals surface area contributed by atoms with E-state index in [-0.39, 0.29) is 5.97 Å². The molecule has 5 heteroatoms. The average molecular weight is 286 g/mol. The Morgan fingerprint density at radius 1 is 1.37 bits per heavy atom. The molecule has 0 bridgehead atoms. The summed E-state index contributed by atoms with van der Waals surface area (Å²) in [6.45, 7) is 4.93. The maximum atomic E-state index is 11.1. The topological polar surface area (TPSA) is 38.8 Å². The summed E-state index contributed by atoms with van der Waals surface area (Å²) in [5, 5.41) is 0.663. The fourth-order valence-electron chi connectivity index (χ4n) is 1.63. The Morgan fingerprint density at radius 2 is 2.16 bits per heavy atom. The molecule has 0 spiro atoms. The zero-order valence-corrected chi connectivity index (χ0v) is 12.2. The molecule has 1 aromatic rings. The number of hydrogen-bond donors (Lipinski definition) is 0. The summed E-state index contributed by atoms with van der Waals surface area (Å²) in [6, 6.07) is 7.32. The Hall–Kier alpha value is -1.26. The first-order chi connectivity index (χ1) is 9.15. The van der Waals surface area contributed by atoms with Crippen molar-refractivity contribution in [2.24, 2.45) is 0 Å². The number of benzene rings is 1. The summed E-state index contributed by atoms with van der Waals surface area (Å²) in [7, 11) is 1.40. The Balaban J connectivity index is 2.27. The lowest BCUT2D eigenvalue weighted by Gasteiger charge is -2.19. The molecule has 0 aliphatic heterocycles. The molecule has 0 radical (unpaired) electrons. The molecule has 19 heavy (non-hydrogen) atoms. The van der Waals surface area contributed by atoms with E-state index in [0.717, 1.165) is 18.8 Å². The lowest BCUT2D eigenvalue weighted by molar-refractivity contribution is -0.141. The molecule has 0 atom stereocenters. The monoisotopic (exact) mass is 285 g/mol. The van der Waals surface area contributed by atoms with Gasteiger partial charge in [0.25, 0.3) is 0 Å². The molecule has 1 aromatic carbocycles. The number of halogens is 1. The van der Waals surface area contributed by atoms with E-state index in [9.17, 15) is 4.79 Å². The molecule has 0 aliphatic carbocycles. The van der Waals surface area contributed by atoms with Gasteiger partial charge in [0, 0.05) is 18.1 Å². The summed E-state index contributed by atoms with van der Waals surface area (Å²) < 4.78 is 10.2. The van der Waals surface area contributed by atoms with Crippen LogP contribution in [0.4, 0.5) is 0 Å². The fraction of sp³-hybridized carbons (Fsp3) is 0.500. The van der Waals surface area contributed by atoms with Crippen molar-refractivity contribution in [3.05, 3.63) is 29.3 Å². The van der Waals surface area contributed by atoms with Gasteiger partial charge in [-0.25, -0.2) is 0 Å². The lowest BCUT2D eigenvalue weighted by atomic mass is 10.3. The summed E-state index contributed by atoms with van der Waals surface area (Å²) >= 11 is 5.87. The largest absolute Gasteiger partial charge is 0.492 e. The van der Waals surface area contributed by atoms with E-state index in [0.29, 0.717) is 24.6 Å². The first-order valence-electron chi connectivity index (χ1n) is 6.33. The summed E-state index contributed by atoms with van der Waals surface area (Å²) in [5.41, 5.74) is 0. The van der Waals surface area contributed by atoms with Gasteiger partial charge in [-0.05, 0) is 24.7 Å². The maximum Gasteiger partial charge on any atom is 0.306 e. The molecule has 0 N–H and O–H groups in total. The van der Waals surface area contributed by atoms with E-state index >= 15 is 0 Å². The van der Waals surface area contributed by atoms with Crippen LogP contribution in [-0.2, 0) is 9.53 Å². The number of likely N-dealkylation sites (N-methyl/N-ethyl adjacent to an activating group) is 1. The third-order valence-corrected chi connectivity index (χ3v) is 3.01. The fourth-order valence-corrected chi connectivity index (χ4v) is 1.81. The molecular formula is C14H20ClNO3. The molecular weight excluding hydrogens is 266 g/mol. The first kappa shape index (κ1) is 15.8. The molecule has 0 heterocycles. The third kappa shape index (κ3) is 6.45. The smallest absolute Gasteiger partial charge is 0.306 e. The van der Waals surface area contributed by atoms with Crippen molar-refractivity contribution in [3.63, 3.8) is 0 Å². The molecule has 0 amide bonds. The number of methoxy groups -OCH3 is 1. The first-order valence-corrected chi connectivity index (χ1v) is 6.71. The highest BCUT2D eigenvalue weighted by molar-refractivity contribution is 6.30. The van der Waals surface area contributed by atoms with Gasteiger partial charge < -0.3 is 9.47 Å². The minimum Gasteiger partial charge on any atom is -0.492 e. The zero-order valence-electron chi connectivity index (χ0n) is 11.4. The van der Waals surface area contributed by atoms with Crippen molar-refractivity contribution >= 4 is 17.6 Å². The van der Waals surface area contributed by atoms with Gasteiger partial charge in [-0.15, -0.1) is 0 Å². The van der Waals surface area contributed by atoms with Crippen LogP contribution < -0.4 is 4.74 Å². The molecule has 0 aliphatic rings. The van der Waals surface area contributed by atoms with Crippen LogP contribution >= 0.6 is 11.6 Å². The molecule has 0 unspecified atom stereocenters. The predicted octanol–water partition coefficient (Wildman–Crippen LogP) is 2.60. The van der Waals surface area contributed by atoms with Gasteiger partial charge in [-0.2, -0.15) is 0 Å². The lowest BCUT2D eigenvalue weighted by Crippen LogP contribution is -2.30. The Bertz CT molecular complexity index is 398. The molecule has 1 rings (SSSR count). The van der Waals surface area contributed by atoms with Crippen LogP contribution in [0.1, 0.15) is 13.3 Å². The number of hydrogen-bond acceptors (Lipinski definition) is 4. The van der Waals surface area contributed by atoms with Crippen LogP contribution in [0.3, 0.4) is 0 Å². The standard InChI is InChI=1S/C14H20ClNO3/c1-3-16(8-7-14(17)18-2)9-10-19-13-6-4-5-12(15)11-13/h4-6,11H,3,7-10H2,1-2H3. The van der Waals surface area contributed by atoms with Crippen molar-refractivity contribution < 1.29 is 14.3 Å². The highest BCUT2D eigenvalue weighted by Crippen LogP contribution is 2.16. The van der Waals surface area contributed by atoms with Crippen LogP contribution in [0.25, 0.3) is 0 Å². The summed E-state index contributed by atoms with van der Waals surface area (Å²) in [5.74, 6) is 0.575. The highest BCUT2D eigenvalue weighted by atomic mass is 35.5. The quantitative estimate of drug-likeness (QED) is 0.688. The Kier molecular flexibility index (Phi) is 7.30. The second-order valence-electron chi connectivity index (χ2n) is 4.07. The van der Waals surface area contributed by atoms with E-state index in [2.05, 4.69) is 16.6 Å². The van der Waals surface area contributed by atoms with Crippen molar-refractivity contribution in [2.45, 2.75) is 13.3 Å². The number of carbonyl (C=O) groups is 1. The minimum atomic E-state index is -0.186. The van der Waals surface area contributed by atoms with Gasteiger partial charge in [0.1, 0.15) is 12.4 Å². The van der Waals surface area contributed by atoms with Crippen molar-refractivity contribution in [1.82, 2.24) is 4.90 Å². The number of esters is 1. The van der Waals surface area contributed by atoms with Crippen molar-refractivity contribution in [2.75, 3.05) is 33.4 Å². The molecule has 0 saturated carbocycles. The van der Waals surface area contributed by atoms with Crippen molar-refractivity contribution in [3.8, 4) is 5.75 Å².